The first kappa shape index (κ1) is 23.3. The molecule has 2 amide bonds. The molecule has 1 aromatic carbocycles. The SMILES string of the molecule is CC/C(CC(=O)CCC(=O)Nc1ccccc1[N+](=O)[O-])=N/NC(=O)C[n+]1ccccc1. The molecule has 2 N–H and O–H groups in total. The Balaban J connectivity index is 1.80. The molecule has 0 bridgehead atoms. The molecule has 0 saturated carbocycles. The van der Waals surface area contributed by atoms with Gasteiger partial charge in [-0.3, -0.25) is 24.5 Å². The van der Waals surface area contributed by atoms with E-state index in [2.05, 4.69) is 15.8 Å². The van der Waals surface area contributed by atoms with E-state index in [0.717, 1.165) is 0 Å². The van der Waals surface area contributed by atoms with E-state index in [1.54, 1.807) is 35.2 Å². The number of hydrogen-bond acceptors (Lipinski definition) is 6. The number of hydrogen-bond donors (Lipinski definition) is 2. The maximum Gasteiger partial charge on any atom is 0.305 e. The van der Waals surface area contributed by atoms with Gasteiger partial charge < -0.3 is 5.32 Å². The molecule has 0 atom stereocenters. The lowest BCUT2D eigenvalue weighted by molar-refractivity contribution is -0.684. The second-order valence-electron chi connectivity index (χ2n) is 6.65. The zero-order chi connectivity index (χ0) is 22.6. The molecular weight excluding hydrogens is 402 g/mol. The van der Waals surface area contributed by atoms with Crippen LogP contribution in [0, 0.1) is 10.1 Å². The van der Waals surface area contributed by atoms with Gasteiger partial charge in [-0.2, -0.15) is 9.67 Å². The van der Waals surface area contributed by atoms with E-state index in [4.69, 9.17) is 0 Å². The van der Waals surface area contributed by atoms with E-state index in [-0.39, 0.29) is 48.9 Å². The summed E-state index contributed by atoms with van der Waals surface area (Å²) in [6.45, 7) is 1.91. The number of nitro groups is 1. The quantitative estimate of drug-likeness (QED) is 0.246. The van der Waals surface area contributed by atoms with Crippen molar-refractivity contribution in [3.05, 3.63) is 65.0 Å². The van der Waals surface area contributed by atoms with Gasteiger partial charge in [0.1, 0.15) is 11.5 Å². The summed E-state index contributed by atoms with van der Waals surface area (Å²) in [5, 5.41) is 17.5. The molecule has 162 valence electrons. The van der Waals surface area contributed by atoms with Gasteiger partial charge in [-0.25, -0.2) is 5.43 Å². The maximum absolute atomic E-state index is 12.2. The lowest BCUT2D eigenvalue weighted by atomic mass is 10.1. The van der Waals surface area contributed by atoms with Crippen molar-refractivity contribution < 1.29 is 23.9 Å². The second kappa shape index (κ2) is 11.9. The number of Topliss-reactive ketones (excluding diaryl/α,β-unsaturated/α-hetero) is 1. The van der Waals surface area contributed by atoms with E-state index in [9.17, 15) is 24.5 Å². The largest absolute Gasteiger partial charge is 0.320 e. The first-order valence-electron chi connectivity index (χ1n) is 9.72. The molecule has 1 aromatic heterocycles. The highest BCUT2D eigenvalue weighted by Gasteiger charge is 2.16. The smallest absolute Gasteiger partial charge is 0.305 e. The summed E-state index contributed by atoms with van der Waals surface area (Å²) in [5.41, 5.74) is 2.80. The number of carbonyl (C=O) groups excluding carboxylic acids is 3. The fourth-order valence-corrected chi connectivity index (χ4v) is 2.65. The molecular formula is C21H24N5O5+. The highest BCUT2D eigenvalue weighted by molar-refractivity contribution is 6.03. The van der Waals surface area contributed by atoms with E-state index in [1.807, 2.05) is 13.0 Å². The molecule has 2 rings (SSSR count). The highest BCUT2D eigenvalue weighted by Crippen LogP contribution is 2.23. The summed E-state index contributed by atoms with van der Waals surface area (Å²) < 4.78 is 1.69. The lowest BCUT2D eigenvalue weighted by Crippen LogP contribution is -2.41. The van der Waals surface area contributed by atoms with Gasteiger partial charge in [0, 0.05) is 43.2 Å². The Hall–Kier alpha value is -3.95. The lowest BCUT2D eigenvalue weighted by Gasteiger charge is -2.06. The number of pyridine rings is 1. The van der Waals surface area contributed by atoms with Crippen LogP contribution >= 0.6 is 0 Å². The zero-order valence-electron chi connectivity index (χ0n) is 17.1. The fourth-order valence-electron chi connectivity index (χ4n) is 2.65. The molecule has 2 aromatic rings. The Labute approximate surface area is 179 Å². The Morgan fingerprint density at radius 2 is 1.74 bits per heavy atom. The van der Waals surface area contributed by atoms with Gasteiger partial charge in [0.2, 0.25) is 12.5 Å². The van der Waals surface area contributed by atoms with Crippen molar-refractivity contribution in [2.75, 3.05) is 5.32 Å². The minimum atomic E-state index is -0.588. The predicted octanol–water partition coefficient (Wildman–Crippen LogP) is 2.14. The van der Waals surface area contributed by atoms with Gasteiger partial charge in [-0.15, -0.1) is 0 Å². The first-order valence-corrected chi connectivity index (χ1v) is 9.72. The number of rotatable bonds is 11. The van der Waals surface area contributed by atoms with Crippen LogP contribution in [0.25, 0.3) is 0 Å². The molecule has 10 nitrogen and oxygen atoms in total. The number of amides is 2. The van der Waals surface area contributed by atoms with Gasteiger partial charge in [-0.1, -0.05) is 25.1 Å². The van der Waals surface area contributed by atoms with Crippen LogP contribution in [0.2, 0.25) is 0 Å². The number of hydrazone groups is 1. The molecule has 10 heteroatoms. The Morgan fingerprint density at radius 1 is 1.03 bits per heavy atom. The van der Waals surface area contributed by atoms with Crippen molar-refractivity contribution in [2.45, 2.75) is 39.2 Å². The average molecular weight is 426 g/mol. The third kappa shape index (κ3) is 8.13. The predicted molar refractivity (Wildman–Crippen MR) is 113 cm³/mol. The van der Waals surface area contributed by atoms with Crippen LogP contribution in [-0.2, 0) is 20.9 Å². The molecule has 0 aliphatic rings. The van der Waals surface area contributed by atoms with Crippen LogP contribution in [0.5, 0.6) is 0 Å². The second-order valence-corrected chi connectivity index (χ2v) is 6.65. The molecule has 0 saturated heterocycles. The minimum Gasteiger partial charge on any atom is -0.320 e. The maximum atomic E-state index is 12.2. The molecule has 0 aliphatic carbocycles. The average Bonchev–Trinajstić information content (AvgIpc) is 2.76. The molecule has 1 heterocycles. The van der Waals surface area contributed by atoms with Crippen molar-refractivity contribution in [3.8, 4) is 0 Å². The molecule has 0 radical (unpaired) electrons. The van der Waals surface area contributed by atoms with Gasteiger partial charge in [0.05, 0.1) is 4.92 Å². The van der Waals surface area contributed by atoms with Gasteiger partial charge >= 0.3 is 5.91 Å². The molecule has 0 fully saturated rings. The fraction of sp³-hybridized carbons (Fsp3) is 0.286. The van der Waals surface area contributed by atoms with Crippen molar-refractivity contribution in [3.63, 3.8) is 0 Å². The summed E-state index contributed by atoms with van der Waals surface area (Å²) in [6.07, 6.45) is 3.82. The number of carbonyl (C=O) groups is 3. The topological polar surface area (TPSA) is 135 Å². The van der Waals surface area contributed by atoms with Gasteiger partial charge in [0.25, 0.3) is 5.69 Å². The van der Waals surface area contributed by atoms with E-state index < -0.39 is 10.8 Å². The molecule has 0 spiro atoms. The first-order chi connectivity index (χ1) is 14.9. The summed E-state index contributed by atoms with van der Waals surface area (Å²) in [6, 6.07) is 11.2. The number of nitrogens with one attached hydrogen (secondary N) is 2. The number of aromatic nitrogens is 1. The number of anilines is 1. The number of benzene rings is 1. The standard InChI is InChI=1S/C21H23N5O5/c1-2-16(23-24-21(29)15-25-12-6-3-7-13-25)14-17(27)10-11-20(28)22-18-8-4-5-9-19(18)26(30)31/h3-9,12-13H,2,10-11,14-15H2,1H3,(H-,22,24,28,29)/p+1/b23-16-. The van der Waals surface area contributed by atoms with Crippen molar-refractivity contribution >= 4 is 34.7 Å². The summed E-state index contributed by atoms with van der Waals surface area (Å²) >= 11 is 0. The van der Waals surface area contributed by atoms with E-state index in [0.29, 0.717) is 12.1 Å². The van der Waals surface area contributed by atoms with Gasteiger partial charge in [0.15, 0.2) is 12.4 Å². The molecule has 0 unspecified atom stereocenters. The zero-order valence-corrected chi connectivity index (χ0v) is 17.1. The van der Waals surface area contributed by atoms with Crippen LogP contribution < -0.4 is 15.3 Å². The third-order valence-corrected chi connectivity index (χ3v) is 4.26. The summed E-state index contributed by atoms with van der Waals surface area (Å²) in [7, 11) is 0. The number of nitro benzene ring substituents is 1. The minimum absolute atomic E-state index is 0.00796. The number of para-hydroxylation sites is 2. The molecule has 31 heavy (non-hydrogen) atoms. The van der Waals surface area contributed by atoms with Crippen LogP contribution in [0.1, 0.15) is 32.6 Å². The van der Waals surface area contributed by atoms with E-state index >= 15 is 0 Å². The van der Waals surface area contributed by atoms with E-state index in [1.165, 1.54) is 18.2 Å². The monoisotopic (exact) mass is 426 g/mol. The normalized spacial score (nSPS) is 10.9. The molecule has 0 aliphatic heterocycles. The Morgan fingerprint density at radius 3 is 2.42 bits per heavy atom. The third-order valence-electron chi connectivity index (χ3n) is 4.26. The summed E-state index contributed by atoms with van der Waals surface area (Å²) in [5.74, 6) is -1.03. The highest BCUT2D eigenvalue weighted by atomic mass is 16.6. The van der Waals surface area contributed by atoms with Crippen molar-refractivity contribution in [2.24, 2.45) is 5.10 Å². The van der Waals surface area contributed by atoms with Crippen LogP contribution in [-0.4, -0.2) is 28.2 Å². The summed E-state index contributed by atoms with van der Waals surface area (Å²) in [4.78, 5) is 46.6. The van der Waals surface area contributed by atoms with Crippen LogP contribution in [0.15, 0.2) is 60.0 Å². The Kier molecular flexibility index (Phi) is 8.96. The number of ketones is 1. The van der Waals surface area contributed by atoms with Crippen LogP contribution in [0.3, 0.4) is 0 Å². The van der Waals surface area contributed by atoms with Crippen molar-refractivity contribution in [1.29, 1.82) is 0 Å². The number of nitrogens with zero attached hydrogens (tertiary/aromatic N) is 3. The van der Waals surface area contributed by atoms with Gasteiger partial charge in [-0.05, 0) is 12.5 Å². The Bertz CT molecular complexity index is 975. The van der Waals surface area contributed by atoms with Crippen molar-refractivity contribution in [1.82, 2.24) is 5.43 Å². The van der Waals surface area contributed by atoms with Crippen LogP contribution in [0.4, 0.5) is 11.4 Å².